The highest BCUT2D eigenvalue weighted by Crippen LogP contribution is 1.91. The van der Waals surface area contributed by atoms with E-state index in [0.29, 0.717) is 0 Å². The smallest absolute Gasteiger partial charge is 0.206 e. The second kappa shape index (κ2) is 3.25. The highest BCUT2D eigenvalue weighted by molar-refractivity contribution is 5.76. The number of hydrazine groups is 1. The van der Waals surface area contributed by atoms with Crippen LogP contribution in [0.3, 0.4) is 0 Å². The molecule has 1 aliphatic heterocycles. The molecular weight excluding hydrogens is 144 g/mol. The van der Waals surface area contributed by atoms with Gasteiger partial charge in [0, 0.05) is 13.1 Å². The second-order valence-electron chi connectivity index (χ2n) is 2.34. The van der Waals surface area contributed by atoms with Gasteiger partial charge in [0.25, 0.3) is 0 Å². The molecule has 1 rings (SSSR count). The fraction of sp³-hybridized carbons (Fsp3) is 0.500. The van der Waals surface area contributed by atoms with E-state index in [-0.39, 0.29) is 18.3 Å². The Balaban J connectivity index is 2.42. The summed E-state index contributed by atoms with van der Waals surface area (Å²) in [5.74, 6) is 0.317. The lowest BCUT2D eigenvalue weighted by atomic mass is 10.5. The lowest BCUT2D eigenvalue weighted by molar-refractivity contribution is 0.251. The van der Waals surface area contributed by atoms with Crippen LogP contribution in [0.1, 0.15) is 0 Å². The van der Waals surface area contributed by atoms with E-state index in [2.05, 4.69) is 17.3 Å². The van der Waals surface area contributed by atoms with Crippen LogP contribution in [-0.4, -0.2) is 35.7 Å². The molecule has 11 heavy (non-hydrogen) atoms. The SMILES string of the molecule is C=C(O)CN1NCCNC1=N. The Morgan fingerprint density at radius 2 is 2.45 bits per heavy atom. The van der Waals surface area contributed by atoms with E-state index in [4.69, 9.17) is 10.5 Å². The zero-order valence-electron chi connectivity index (χ0n) is 6.22. The molecule has 5 heteroatoms. The van der Waals surface area contributed by atoms with Crippen molar-refractivity contribution in [3.63, 3.8) is 0 Å². The van der Waals surface area contributed by atoms with Crippen molar-refractivity contribution < 1.29 is 5.11 Å². The van der Waals surface area contributed by atoms with Gasteiger partial charge in [-0.15, -0.1) is 0 Å². The van der Waals surface area contributed by atoms with Crippen molar-refractivity contribution >= 4 is 5.96 Å². The Kier molecular flexibility index (Phi) is 2.32. The molecule has 0 atom stereocenters. The van der Waals surface area contributed by atoms with Gasteiger partial charge in [-0.2, -0.15) is 0 Å². The average molecular weight is 156 g/mol. The van der Waals surface area contributed by atoms with Crippen LogP contribution in [0, 0.1) is 5.41 Å². The molecule has 0 radical (unpaired) electrons. The fourth-order valence-corrected chi connectivity index (χ4v) is 0.864. The second-order valence-corrected chi connectivity index (χ2v) is 2.34. The van der Waals surface area contributed by atoms with Crippen LogP contribution in [0.15, 0.2) is 12.3 Å². The third-order valence-corrected chi connectivity index (χ3v) is 1.33. The summed E-state index contributed by atoms with van der Waals surface area (Å²) >= 11 is 0. The first-order valence-corrected chi connectivity index (χ1v) is 3.40. The number of nitrogens with one attached hydrogen (secondary N) is 3. The van der Waals surface area contributed by atoms with Gasteiger partial charge in [0.15, 0.2) is 0 Å². The predicted octanol–water partition coefficient (Wildman–Crippen LogP) is -0.597. The van der Waals surface area contributed by atoms with Crippen LogP contribution in [0.5, 0.6) is 0 Å². The van der Waals surface area contributed by atoms with E-state index in [1.165, 1.54) is 5.01 Å². The quantitative estimate of drug-likeness (QED) is 0.403. The molecule has 0 bridgehead atoms. The van der Waals surface area contributed by atoms with Gasteiger partial charge < -0.3 is 10.4 Å². The summed E-state index contributed by atoms with van der Waals surface area (Å²) in [6.45, 7) is 5.09. The van der Waals surface area contributed by atoms with E-state index >= 15 is 0 Å². The molecule has 1 aliphatic rings. The van der Waals surface area contributed by atoms with E-state index in [9.17, 15) is 0 Å². The predicted molar refractivity (Wildman–Crippen MR) is 42.2 cm³/mol. The first kappa shape index (κ1) is 7.87. The van der Waals surface area contributed by atoms with Crippen LogP contribution in [-0.2, 0) is 0 Å². The Morgan fingerprint density at radius 1 is 1.73 bits per heavy atom. The lowest BCUT2D eigenvalue weighted by Gasteiger charge is -2.30. The molecule has 0 amide bonds. The van der Waals surface area contributed by atoms with Crippen molar-refractivity contribution in [3.8, 4) is 0 Å². The van der Waals surface area contributed by atoms with Gasteiger partial charge in [-0.25, -0.2) is 5.43 Å². The maximum absolute atomic E-state index is 8.82. The zero-order chi connectivity index (χ0) is 8.27. The summed E-state index contributed by atoms with van der Waals surface area (Å²) in [5, 5.41) is 20.5. The average Bonchev–Trinajstić information content (AvgIpc) is 1.93. The van der Waals surface area contributed by atoms with Crippen molar-refractivity contribution in [1.82, 2.24) is 15.8 Å². The third kappa shape index (κ3) is 2.12. The van der Waals surface area contributed by atoms with Gasteiger partial charge in [-0.05, 0) is 0 Å². The topological polar surface area (TPSA) is 71.4 Å². The van der Waals surface area contributed by atoms with Crippen molar-refractivity contribution in [2.45, 2.75) is 0 Å². The van der Waals surface area contributed by atoms with E-state index in [0.717, 1.165) is 13.1 Å². The maximum Gasteiger partial charge on any atom is 0.206 e. The number of nitrogens with zero attached hydrogens (tertiary/aromatic N) is 1. The Morgan fingerprint density at radius 3 is 3.00 bits per heavy atom. The molecule has 0 aromatic rings. The summed E-state index contributed by atoms with van der Waals surface area (Å²) in [5.41, 5.74) is 2.93. The van der Waals surface area contributed by atoms with Crippen LogP contribution in [0.2, 0.25) is 0 Å². The maximum atomic E-state index is 8.82. The van der Waals surface area contributed by atoms with Gasteiger partial charge in [0.2, 0.25) is 5.96 Å². The highest BCUT2D eigenvalue weighted by atomic mass is 16.3. The van der Waals surface area contributed by atoms with E-state index < -0.39 is 0 Å². The largest absolute Gasteiger partial charge is 0.511 e. The van der Waals surface area contributed by atoms with Crippen molar-refractivity contribution in [2.75, 3.05) is 19.6 Å². The molecule has 0 unspecified atom stereocenters. The van der Waals surface area contributed by atoms with Crippen LogP contribution >= 0.6 is 0 Å². The summed E-state index contributed by atoms with van der Waals surface area (Å²) in [6.07, 6.45) is 0. The summed E-state index contributed by atoms with van der Waals surface area (Å²) in [6, 6.07) is 0. The number of rotatable bonds is 2. The van der Waals surface area contributed by atoms with E-state index in [1.807, 2.05) is 0 Å². The standard InChI is InChI=1S/C6H12N4O/c1-5(11)4-10-6(7)8-2-3-9-10/h9,11H,1-4H2,(H2,7,8). The molecule has 1 saturated heterocycles. The number of hydrogen-bond donors (Lipinski definition) is 4. The number of aliphatic hydroxyl groups excluding tert-OH is 1. The van der Waals surface area contributed by atoms with Crippen LogP contribution in [0.25, 0.3) is 0 Å². The minimum Gasteiger partial charge on any atom is -0.511 e. The number of hydrogen-bond acceptors (Lipinski definition) is 3. The summed E-state index contributed by atoms with van der Waals surface area (Å²) in [7, 11) is 0. The molecule has 0 aromatic carbocycles. The Labute approximate surface area is 65.2 Å². The minimum atomic E-state index is 0.0472. The minimum absolute atomic E-state index is 0.0472. The molecule has 1 fully saturated rings. The van der Waals surface area contributed by atoms with Crippen molar-refractivity contribution in [1.29, 1.82) is 5.41 Å². The molecule has 0 aromatic heterocycles. The van der Waals surface area contributed by atoms with Gasteiger partial charge >= 0.3 is 0 Å². The summed E-state index contributed by atoms with van der Waals surface area (Å²) in [4.78, 5) is 0. The third-order valence-electron chi connectivity index (χ3n) is 1.33. The number of guanidine groups is 1. The molecule has 0 saturated carbocycles. The van der Waals surface area contributed by atoms with Crippen LogP contribution in [0.4, 0.5) is 0 Å². The van der Waals surface area contributed by atoms with E-state index in [1.54, 1.807) is 0 Å². The highest BCUT2D eigenvalue weighted by Gasteiger charge is 2.13. The molecular formula is C6H12N4O. The van der Waals surface area contributed by atoms with Crippen molar-refractivity contribution in [3.05, 3.63) is 12.3 Å². The summed E-state index contributed by atoms with van der Waals surface area (Å²) < 4.78 is 0. The zero-order valence-corrected chi connectivity index (χ0v) is 6.22. The molecule has 1 heterocycles. The van der Waals surface area contributed by atoms with Crippen LogP contribution < -0.4 is 10.7 Å². The molecule has 0 aliphatic carbocycles. The van der Waals surface area contributed by atoms with Gasteiger partial charge in [0.1, 0.15) is 5.76 Å². The Hall–Kier alpha value is -1.23. The Bertz CT molecular complexity index is 179. The molecule has 62 valence electrons. The normalized spacial score (nSPS) is 17.8. The molecule has 5 nitrogen and oxygen atoms in total. The van der Waals surface area contributed by atoms with Gasteiger partial charge in [0.05, 0.1) is 6.54 Å². The molecule has 4 N–H and O–H groups in total. The monoisotopic (exact) mass is 156 g/mol. The lowest BCUT2D eigenvalue weighted by Crippen LogP contribution is -2.56. The molecule has 0 spiro atoms. The van der Waals surface area contributed by atoms with Crippen molar-refractivity contribution in [2.24, 2.45) is 0 Å². The number of aliphatic hydroxyl groups is 1. The van der Waals surface area contributed by atoms with Gasteiger partial charge in [-0.3, -0.25) is 10.4 Å². The van der Waals surface area contributed by atoms with Gasteiger partial charge in [-0.1, -0.05) is 6.58 Å². The first-order chi connectivity index (χ1) is 5.20. The first-order valence-electron chi connectivity index (χ1n) is 3.40. The fourth-order valence-electron chi connectivity index (χ4n) is 0.864.